The SMILES string of the molecule is CC(C)CC(CN)CCN1CCN(S(C)(=O)=O)CC1. The zero-order valence-electron chi connectivity index (χ0n) is 12.5. The summed E-state index contributed by atoms with van der Waals surface area (Å²) in [5.74, 6) is 1.28. The van der Waals surface area contributed by atoms with Gasteiger partial charge in [-0.3, -0.25) is 0 Å². The molecule has 1 atom stereocenters. The molecule has 1 saturated heterocycles. The van der Waals surface area contributed by atoms with Gasteiger partial charge in [-0.2, -0.15) is 4.31 Å². The topological polar surface area (TPSA) is 66.6 Å². The lowest BCUT2D eigenvalue weighted by Gasteiger charge is -2.34. The van der Waals surface area contributed by atoms with Gasteiger partial charge in [0.2, 0.25) is 10.0 Å². The predicted octanol–water partition coefficient (Wildman–Crippen LogP) is 0.575. The van der Waals surface area contributed by atoms with Crippen molar-refractivity contribution in [1.82, 2.24) is 9.21 Å². The number of hydrogen-bond acceptors (Lipinski definition) is 4. The van der Waals surface area contributed by atoms with E-state index in [0.29, 0.717) is 24.9 Å². The molecule has 1 fully saturated rings. The molecule has 114 valence electrons. The van der Waals surface area contributed by atoms with Crippen molar-refractivity contribution in [2.75, 3.05) is 45.5 Å². The lowest BCUT2D eigenvalue weighted by atomic mass is 9.94. The highest BCUT2D eigenvalue weighted by Crippen LogP contribution is 2.15. The van der Waals surface area contributed by atoms with Gasteiger partial charge in [0.15, 0.2) is 0 Å². The Morgan fingerprint density at radius 2 is 1.74 bits per heavy atom. The van der Waals surface area contributed by atoms with Crippen LogP contribution in [0, 0.1) is 11.8 Å². The number of hydrogen-bond donors (Lipinski definition) is 1. The molecule has 1 rings (SSSR count). The van der Waals surface area contributed by atoms with Gasteiger partial charge in [-0.25, -0.2) is 8.42 Å². The molecule has 1 aliphatic rings. The Morgan fingerprint density at radius 3 is 2.16 bits per heavy atom. The van der Waals surface area contributed by atoms with E-state index < -0.39 is 10.0 Å². The van der Waals surface area contributed by atoms with Gasteiger partial charge in [-0.05, 0) is 37.8 Å². The van der Waals surface area contributed by atoms with Crippen LogP contribution in [0.15, 0.2) is 0 Å². The minimum absolute atomic E-state index is 0.591. The van der Waals surface area contributed by atoms with Gasteiger partial charge in [-0.15, -0.1) is 0 Å². The second kappa shape index (κ2) is 7.57. The van der Waals surface area contributed by atoms with Crippen molar-refractivity contribution in [3.8, 4) is 0 Å². The average molecular weight is 291 g/mol. The Bertz CT molecular complexity index is 349. The third-order valence-corrected chi connectivity index (χ3v) is 5.10. The molecule has 0 amide bonds. The maximum atomic E-state index is 11.4. The van der Waals surface area contributed by atoms with Crippen LogP contribution >= 0.6 is 0 Å². The van der Waals surface area contributed by atoms with E-state index in [4.69, 9.17) is 5.73 Å². The molecule has 1 unspecified atom stereocenters. The predicted molar refractivity (Wildman–Crippen MR) is 79.5 cm³/mol. The van der Waals surface area contributed by atoms with E-state index in [-0.39, 0.29) is 0 Å². The van der Waals surface area contributed by atoms with E-state index in [1.807, 2.05) is 0 Å². The fourth-order valence-corrected chi connectivity index (χ4v) is 3.48. The summed E-state index contributed by atoms with van der Waals surface area (Å²) in [6.45, 7) is 9.17. The molecule has 0 spiro atoms. The lowest BCUT2D eigenvalue weighted by molar-refractivity contribution is 0.176. The van der Waals surface area contributed by atoms with Crippen molar-refractivity contribution < 1.29 is 8.42 Å². The summed E-state index contributed by atoms with van der Waals surface area (Å²) in [6, 6.07) is 0. The maximum Gasteiger partial charge on any atom is 0.211 e. The minimum Gasteiger partial charge on any atom is -0.330 e. The van der Waals surface area contributed by atoms with E-state index in [9.17, 15) is 8.42 Å². The Morgan fingerprint density at radius 1 is 1.16 bits per heavy atom. The van der Waals surface area contributed by atoms with Crippen molar-refractivity contribution in [1.29, 1.82) is 0 Å². The first kappa shape index (κ1) is 16.9. The van der Waals surface area contributed by atoms with Crippen molar-refractivity contribution in [3.63, 3.8) is 0 Å². The van der Waals surface area contributed by atoms with E-state index in [2.05, 4.69) is 18.7 Å². The number of sulfonamides is 1. The molecule has 0 saturated carbocycles. The molecule has 2 N–H and O–H groups in total. The lowest BCUT2D eigenvalue weighted by Crippen LogP contribution is -2.48. The Hall–Kier alpha value is -0.170. The largest absolute Gasteiger partial charge is 0.330 e. The standard InChI is InChI=1S/C13H29N3O2S/c1-12(2)10-13(11-14)4-5-15-6-8-16(9-7-15)19(3,17)18/h12-13H,4-11,14H2,1-3H3. The van der Waals surface area contributed by atoms with E-state index in [0.717, 1.165) is 32.6 Å². The molecule has 1 aliphatic heterocycles. The molecule has 0 aromatic heterocycles. The number of nitrogens with two attached hydrogens (primary N) is 1. The highest BCUT2D eigenvalue weighted by molar-refractivity contribution is 7.88. The molecule has 19 heavy (non-hydrogen) atoms. The van der Waals surface area contributed by atoms with Gasteiger partial charge < -0.3 is 10.6 Å². The van der Waals surface area contributed by atoms with Crippen LogP contribution in [0.3, 0.4) is 0 Å². The molecule has 0 radical (unpaired) electrons. The molecular weight excluding hydrogens is 262 g/mol. The Labute approximate surface area is 118 Å². The molecule has 0 aromatic rings. The van der Waals surface area contributed by atoms with Gasteiger partial charge in [0.25, 0.3) is 0 Å². The number of piperazine rings is 1. The smallest absolute Gasteiger partial charge is 0.211 e. The van der Waals surface area contributed by atoms with Crippen molar-refractivity contribution in [3.05, 3.63) is 0 Å². The van der Waals surface area contributed by atoms with Gasteiger partial charge >= 0.3 is 0 Å². The molecular formula is C13H29N3O2S. The van der Waals surface area contributed by atoms with Gasteiger partial charge in [0.05, 0.1) is 6.26 Å². The summed E-state index contributed by atoms with van der Waals surface area (Å²) in [5.41, 5.74) is 5.81. The average Bonchev–Trinajstić information content (AvgIpc) is 2.33. The van der Waals surface area contributed by atoms with Crippen LogP contribution in [0.5, 0.6) is 0 Å². The van der Waals surface area contributed by atoms with Crippen LogP contribution in [0.25, 0.3) is 0 Å². The van der Waals surface area contributed by atoms with Crippen LogP contribution in [0.1, 0.15) is 26.7 Å². The van der Waals surface area contributed by atoms with Crippen LogP contribution in [0.4, 0.5) is 0 Å². The summed E-state index contributed by atoms with van der Waals surface area (Å²) in [5, 5.41) is 0. The first-order valence-electron chi connectivity index (χ1n) is 7.20. The van der Waals surface area contributed by atoms with E-state index >= 15 is 0 Å². The zero-order valence-corrected chi connectivity index (χ0v) is 13.3. The summed E-state index contributed by atoms with van der Waals surface area (Å²) in [4.78, 5) is 2.35. The normalized spacial score (nSPS) is 20.9. The Balaban J connectivity index is 2.29. The van der Waals surface area contributed by atoms with Gasteiger partial charge in [-0.1, -0.05) is 13.8 Å². The quantitative estimate of drug-likeness (QED) is 0.745. The van der Waals surface area contributed by atoms with Crippen LogP contribution in [-0.4, -0.2) is 63.1 Å². The van der Waals surface area contributed by atoms with Crippen LogP contribution < -0.4 is 5.73 Å². The molecule has 5 nitrogen and oxygen atoms in total. The molecule has 0 aliphatic carbocycles. The minimum atomic E-state index is -3.01. The maximum absolute atomic E-state index is 11.4. The molecule has 6 heteroatoms. The van der Waals surface area contributed by atoms with Gasteiger partial charge in [0.1, 0.15) is 0 Å². The fourth-order valence-electron chi connectivity index (χ4n) is 2.65. The van der Waals surface area contributed by atoms with E-state index in [1.165, 1.54) is 12.7 Å². The summed E-state index contributed by atoms with van der Waals surface area (Å²) >= 11 is 0. The van der Waals surface area contributed by atoms with Crippen molar-refractivity contribution in [2.45, 2.75) is 26.7 Å². The van der Waals surface area contributed by atoms with Gasteiger partial charge in [0, 0.05) is 26.2 Å². The second-order valence-corrected chi connectivity index (χ2v) is 8.01. The second-order valence-electron chi connectivity index (χ2n) is 6.02. The zero-order chi connectivity index (χ0) is 14.5. The highest BCUT2D eigenvalue weighted by atomic mass is 32.2. The van der Waals surface area contributed by atoms with Crippen molar-refractivity contribution >= 4 is 10.0 Å². The van der Waals surface area contributed by atoms with Crippen molar-refractivity contribution in [2.24, 2.45) is 17.6 Å². The highest BCUT2D eigenvalue weighted by Gasteiger charge is 2.23. The monoisotopic (exact) mass is 291 g/mol. The fraction of sp³-hybridized carbons (Fsp3) is 1.00. The third kappa shape index (κ3) is 6.21. The first-order valence-corrected chi connectivity index (χ1v) is 9.05. The third-order valence-electron chi connectivity index (χ3n) is 3.79. The van der Waals surface area contributed by atoms with Crippen LogP contribution in [0.2, 0.25) is 0 Å². The van der Waals surface area contributed by atoms with Crippen LogP contribution in [-0.2, 0) is 10.0 Å². The molecule has 1 heterocycles. The summed E-state index contributed by atoms with van der Waals surface area (Å²) < 4.78 is 24.4. The summed E-state index contributed by atoms with van der Waals surface area (Å²) in [7, 11) is -3.01. The number of rotatable bonds is 7. The first-order chi connectivity index (χ1) is 8.82. The molecule has 0 aromatic carbocycles. The summed E-state index contributed by atoms with van der Waals surface area (Å²) in [6.07, 6.45) is 3.59. The van der Waals surface area contributed by atoms with E-state index in [1.54, 1.807) is 4.31 Å². The molecule has 0 bridgehead atoms. The Kier molecular flexibility index (Phi) is 6.73. The number of nitrogens with zero attached hydrogens (tertiary/aromatic N) is 2.